The lowest BCUT2D eigenvalue weighted by Crippen LogP contribution is -2.06. The van der Waals surface area contributed by atoms with Crippen molar-refractivity contribution in [2.24, 2.45) is 0 Å². The third-order valence-corrected chi connectivity index (χ3v) is 9.57. The molecule has 4 bridgehead atoms. The van der Waals surface area contributed by atoms with Gasteiger partial charge in [0.05, 0.1) is 0 Å². The lowest BCUT2D eigenvalue weighted by atomic mass is 9.86. The van der Waals surface area contributed by atoms with Gasteiger partial charge in [-0.3, -0.25) is 0 Å². The lowest BCUT2D eigenvalue weighted by Gasteiger charge is -2.19. The van der Waals surface area contributed by atoms with Gasteiger partial charge in [0.1, 0.15) is 5.82 Å². The maximum atomic E-state index is 13.0. The van der Waals surface area contributed by atoms with E-state index in [-0.39, 0.29) is 5.82 Å². The second-order valence-corrected chi connectivity index (χ2v) is 15.4. The van der Waals surface area contributed by atoms with E-state index in [1.54, 1.807) is 23.3 Å². The minimum absolute atomic E-state index is 0.131. The second-order valence-electron chi connectivity index (χ2n) is 15.4. The SMILES string of the molecule is CC(C)c1cc2ccc1CCc1ccc(c(C(C)C)c1)CC2.CC(C)c1ccc(F)cc1C(C)C.CC(C)c1cccc(C(C)C)c1. The van der Waals surface area contributed by atoms with Gasteiger partial charge in [0.15, 0.2) is 0 Å². The van der Waals surface area contributed by atoms with Gasteiger partial charge in [-0.05, 0) is 129 Å². The van der Waals surface area contributed by atoms with Gasteiger partial charge in [-0.15, -0.1) is 0 Å². The molecular formula is C46H63F. The number of hydrogen-bond donors (Lipinski definition) is 0. The standard InChI is InChI=1S/C22H28.C12H17F.C12H18/c1-15(2)21-13-17-5-9-19(21)11-7-18-6-10-20(12-8-17)22(14-18)16(3)4;1-8(2)11-6-5-10(13)7-12(11)9(3)4;1-9(2)11-6-5-7-12(8-11)10(3)4/h5-6,9-10,13-16H,7-8,11-12H2,1-4H3;5-9H,1-4H3;5-10H,1-4H3. The summed E-state index contributed by atoms with van der Waals surface area (Å²) in [5.41, 5.74) is 14.4. The molecular weight excluding hydrogens is 572 g/mol. The summed E-state index contributed by atoms with van der Waals surface area (Å²) in [5, 5.41) is 0. The van der Waals surface area contributed by atoms with E-state index in [4.69, 9.17) is 0 Å². The van der Waals surface area contributed by atoms with E-state index >= 15 is 0 Å². The smallest absolute Gasteiger partial charge is 0.123 e. The van der Waals surface area contributed by atoms with Crippen LogP contribution in [0.2, 0.25) is 0 Å². The molecule has 8 rings (SSSR count). The zero-order valence-corrected chi connectivity index (χ0v) is 31.7. The van der Waals surface area contributed by atoms with E-state index in [1.807, 2.05) is 6.07 Å². The Kier molecular flexibility index (Phi) is 14.5. The first-order valence-electron chi connectivity index (χ1n) is 18.3. The zero-order valence-electron chi connectivity index (χ0n) is 31.7. The van der Waals surface area contributed by atoms with Crippen LogP contribution in [0.3, 0.4) is 0 Å². The molecule has 4 aliphatic rings. The fraction of sp³-hybridized carbons (Fsp3) is 0.478. The van der Waals surface area contributed by atoms with Gasteiger partial charge in [0, 0.05) is 0 Å². The predicted octanol–water partition coefficient (Wildman–Crippen LogP) is 13.8. The van der Waals surface area contributed by atoms with Crippen LogP contribution in [0.25, 0.3) is 0 Å². The first-order chi connectivity index (χ1) is 22.2. The predicted molar refractivity (Wildman–Crippen MR) is 205 cm³/mol. The van der Waals surface area contributed by atoms with E-state index in [1.165, 1.54) is 38.9 Å². The van der Waals surface area contributed by atoms with Crippen molar-refractivity contribution in [3.8, 4) is 0 Å². The number of benzene rings is 4. The van der Waals surface area contributed by atoms with Crippen molar-refractivity contribution in [3.63, 3.8) is 0 Å². The summed E-state index contributed by atoms with van der Waals surface area (Å²) in [6.45, 7) is 26.7. The topological polar surface area (TPSA) is 0 Å². The Hall–Kier alpha value is -3.19. The van der Waals surface area contributed by atoms with Crippen molar-refractivity contribution in [2.75, 3.05) is 0 Å². The molecule has 0 saturated carbocycles. The molecule has 0 unspecified atom stereocenters. The van der Waals surface area contributed by atoms with Crippen molar-refractivity contribution < 1.29 is 4.39 Å². The van der Waals surface area contributed by atoms with Gasteiger partial charge in [-0.2, -0.15) is 0 Å². The Morgan fingerprint density at radius 2 is 0.809 bits per heavy atom. The number of rotatable bonds is 6. The van der Waals surface area contributed by atoms with Crippen molar-refractivity contribution in [2.45, 2.75) is 144 Å². The van der Waals surface area contributed by atoms with Crippen LogP contribution in [-0.4, -0.2) is 0 Å². The maximum Gasteiger partial charge on any atom is 0.123 e. The molecule has 0 aliphatic heterocycles. The van der Waals surface area contributed by atoms with E-state index in [0.717, 1.165) is 31.2 Å². The van der Waals surface area contributed by atoms with E-state index in [9.17, 15) is 4.39 Å². The largest absolute Gasteiger partial charge is 0.207 e. The Balaban J connectivity index is 0.000000206. The molecule has 254 valence electrons. The Morgan fingerprint density at radius 3 is 1.19 bits per heavy atom. The second kappa shape index (κ2) is 17.8. The minimum atomic E-state index is -0.131. The van der Waals surface area contributed by atoms with E-state index < -0.39 is 0 Å². The fourth-order valence-corrected chi connectivity index (χ4v) is 6.54. The first-order valence-corrected chi connectivity index (χ1v) is 18.3. The molecule has 0 saturated heterocycles. The summed E-state index contributed by atoms with van der Waals surface area (Å²) >= 11 is 0. The van der Waals surface area contributed by atoms with Gasteiger partial charge in [-0.25, -0.2) is 4.39 Å². The normalized spacial score (nSPS) is 12.7. The van der Waals surface area contributed by atoms with Crippen molar-refractivity contribution in [1.82, 2.24) is 0 Å². The monoisotopic (exact) mass is 634 g/mol. The summed E-state index contributed by atoms with van der Waals surface area (Å²) in [4.78, 5) is 0. The highest BCUT2D eigenvalue weighted by Crippen LogP contribution is 2.29. The van der Waals surface area contributed by atoms with Crippen LogP contribution >= 0.6 is 0 Å². The highest BCUT2D eigenvalue weighted by atomic mass is 19.1. The molecule has 4 aromatic rings. The number of halogens is 1. The minimum Gasteiger partial charge on any atom is -0.207 e. The van der Waals surface area contributed by atoms with Gasteiger partial charge in [0.2, 0.25) is 0 Å². The molecule has 47 heavy (non-hydrogen) atoms. The Bertz CT molecular complexity index is 1470. The molecule has 0 atom stereocenters. The van der Waals surface area contributed by atoms with Crippen LogP contribution in [-0.2, 0) is 25.7 Å². The summed E-state index contributed by atoms with van der Waals surface area (Å²) in [7, 11) is 0. The molecule has 0 fully saturated rings. The fourth-order valence-electron chi connectivity index (χ4n) is 6.54. The van der Waals surface area contributed by atoms with Crippen LogP contribution in [0.1, 0.15) is 174 Å². The van der Waals surface area contributed by atoms with Crippen LogP contribution < -0.4 is 0 Å². The summed E-state index contributed by atoms with van der Waals surface area (Å²) in [5.74, 6) is 3.25. The molecule has 0 amide bonds. The molecule has 4 aromatic carbocycles. The molecule has 0 N–H and O–H groups in total. The van der Waals surface area contributed by atoms with Gasteiger partial charge in [-0.1, -0.05) is 150 Å². The molecule has 0 radical (unpaired) electrons. The number of hydrogen-bond acceptors (Lipinski definition) is 0. The third-order valence-electron chi connectivity index (χ3n) is 9.57. The quantitative estimate of drug-likeness (QED) is 0.198. The van der Waals surface area contributed by atoms with Crippen LogP contribution in [0.4, 0.5) is 4.39 Å². The highest BCUT2D eigenvalue weighted by molar-refractivity contribution is 5.40. The van der Waals surface area contributed by atoms with Crippen molar-refractivity contribution in [1.29, 1.82) is 0 Å². The average Bonchev–Trinajstić information content (AvgIpc) is 3.02. The van der Waals surface area contributed by atoms with Crippen LogP contribution in [0.15, 0.2) is 78.9 Å². The average molecular weight is 635 g/mol. The molecule has 0 nitrogen and oxygen atoms in total. The third kappa shape index (κ3) is 11.2. The lowest BCUT2D eigenvalue weighted by molar-refractivity contribution is 0.620. The van der Waals surface area contributed by atoms with Crippen molar-refractivity contribution in [3.05, 3.63) is 140 Å². The van der Waals surface area contributed by atoms with Gasteiger partial charge < -0.3 is 0 Å². The number of aryl methyl sites for hydroxylation is 4. The molecule has 1 heteroatoms. The van der Waals surface area contributed by atoms with Crippen LogP contribution in [0, 0.1) is 5.82 Å². The van der Waals surface area contributed by atoms with E-state index in [2.05, 4.69) is 144 Å². The summed E-state index contributed by atoms with van der Waals surface area (Å²) < 4.78 is 13.0. The van der Waals surface area contributed by atoms with E-state index in [0.29, 0.717) is 35.5 Å². The molecule has 0 heterocycles. The van der Waals surface area contributed by atoms with Gasteiger partial charge >= 0.3 is 0 Å². The molecule has 4 aliphatic carbocycles. The highest BCUT2D eigenvalue weighted by Gasteiger charge is 2.14. The van der Waals surface area contributed by atoms with Crippen LogP contribution in [0.5, 0.6) is 0 Å². The zero-order chi connectivity index (χ0) is 34.8. The summed E-state index contributed by atoms with van der Waals surface area (Å²) in [6, 6.07) is 28.4. The Labute approximate surface area is 288 Å². The van der Waals surface area contributed by atoms with Crippen molar-refractivity contribution >= 4 is 0 Å². The van der Waals surface area contributed by atoms with Gasteiger partial charge in [0.25, 0.3) is 0 Å². The first kappa shape index (κ1) is 38.3. The summed E-state index contributed by atoms with van der Waals surface area (Å²) in [6.07, 6.45) is 4.62. The molecule has 0 aromatic heterocycles. The maximum absolute atomic E-state index is 13.0. The molecule has 0 spiro atoms. The Morgan fingerprint density at radius 1 is 0.383 bits per heavy atom.